The first kappa shape index (κ1) is 11.2. The molecule has 0 fully saturated rings. The minimum Gasteiger partial charge on any atom is -0.329 e. The fraction of sp³-hybridized carbons (Fsp3) is 0.400. The van der Waals surface area contributed by atoms with Crippen LogP contribution in [0.5, 0.6) is 0 Å². The van der Waals surface area contributed by atoms with Crippen LogP contribution in [-0.2, 0) is 13.0 Å². The average molecular weight is 257 g/mol. The van der Waals surface area contributed by atoms with Crippen molar-refractivity contribution in [3.8, 4) is 11.3 Å². The quantitative estimate of drug-likeness (QED) is 0.672. The molecular weight excluding hydrogens is 241 g/mol. The Labute approximate surface area is 111 Å². The highest BCUT2D eigenvalue weighted by molar-refractivity contribution is 5.73. The van der Waals surface area contributed by atoms with Gasteiger partial charge in [0, 0.05) is 36.2 Å². The van der Waals surface area contributed by atoms with Crippen molar-refractivity contribution in [2.45, 2.75) is 38.3 Å². The van der Waals surface area contributed by atoms with E-state index in [4.69, 9.17) is 10.7 Å². The summed E-state index contributed by atoms with van der Waals surface area (Å²) in [7, 11) is 0. The third-order valence-corrected chi connectivity index (χ3v) is 4.30. The van der Waals surface area contributed by atoms with E-state index in [1.54, 1.807) is 6.07 Å². The summed E-state index contributed by atoms with van der Waals surface area (Å²) in [5.41, 5.74) is 10.5. The number of nitrogens with two attached hydrogens (primary N) is 1. The van der Waals surface area contributed by atoms with Gasteiger partial charge in [-0.1, -0.05) is 6.92 Å². The van der Waals surface area contributed by atoms with E-state index in [1.165, 1.54) is 11.8 Å². The van der Waals surface area contributed by atoms with Gasteiger partial charge in [-0.25, -0.2) is 9.37 Å². The summed E-state index contributed by atoms with van der Waals surface area (Å²) < 4.78 is 15.6. The average Bonchev–Trinajstić information content (AvgIpc) is 2.85. The molecule has 1 aliphatic carbocycles. The number of aromatic nitrogens is 2. The number of benzene rings is 1. The zero-order valence-corrected chi connectivity index (χ0v) is 10.9. The van der Waals surface area contributed by atoms with E-state index in [0.29, 0.717) is 5.92 Å². The van der Waals surface area contributed by atoms with Crippen molar-refractivity contribution in [2.75, 3.05) is 0 Å². The highest BCUT2D eigenvalue weighted by atomic mass is 19.1. The summed E-state index contributed by atoms with van der Waals surface area (Å²) >= 11 is 0. The third kappa shape index (κ3) is 1.49. The van der Waals surface area contributed by atoms with Crippen molar-refractivity contribution in [1.29, 1.82) is 0 Å². The molecule has 0 saturated carbocycles. The lowest BCUT2D eigenvalue weighted by Gasteiger charge is -2.26. The van der Waals surface area contributed by atoms with E-state index >= 15 is 0 Å². The van der Waals surface area contributed by atoms with Crippen LogP contribution in [0.3, 0.4) is 0 Å². The molecule has 3 nitrogen and oxygen atoms in total. The van der Waals surface area contributed by atoms with Crippen LogP contribution in [-0.4, -0.2) is 15.6 Å². The molecule has 2 aliphatic rings. The number of fused-ring (bicyclic) bond motifs is 5. The zero-order valence-electron chi connectivity index (χ0n) is 10.9. The Morgan fingerprint density at radius 2 is 2.26 bits per heavy atom. The van der Waals surface area contributed by atoms with E-state index in [-0.39, 0.29) is 11.9 Å². The predicted octanol–water partition coefficient (Wildman–Crippen LogP) is 2.43. The molecule has 4 rings (SSSR count). The molecule has 19 heavy (non-hydrogen) atoms. The number of halogens is 1. The summed E-state index contributed by atoms with van der Waals surface area (Å²) in [5, 5.41) is 0. The standard InChI is InChI=1S/C15H16FN3/c1-8-4-11(17)7-19-13-6-9-5-10(16)2-3-12(9)14(13)18-15(8)19/h2-3,5,8,11H,4,6-7,17H2,1H3. The van der Waals surface area contributed by atoms with Gasteiger partial charge < -0.3 is 10.3 Å². The molecule has 2 unspecified atom stereocenters. The lowest BCUT2D eigenvalue weighted by Crippen LogP contribution is -2.34. The fourth-order valence-electron chi connectivity index (χ4n) is 3.47. The first-order chi connectivity index (χ1) is 9.13. The van der Waals surface area contributed by atoms with Crippen LogP contribution in [0.1, 0.15) is 36.3 Å². The normalized spacial score (nSPS) is 23.9. The maximum absolute atomic E-state index is 13.3. The van der Waals surface area contributed by atoms with E-state index < -0.39 is 0 Å². The second-order valence-corrected chi connectivity index (χ2v) is 5.75. The molecule has 1 aromatic heterocycles. The molecule has 2 N–H and O–H groups in total. The van der Waals surface area contributed by atoms with Crippen LogP contribution in [0.2, 0.25) is 0 Å². The molecule has 2 aromatic rings. The topological polar surface area (TPSA) is 43.8 Å². The van der Waals surface area contributed by atoms with Crippen molar-refractivity contribution < 1.29 is 4.39 Å². The lowest BCUT2D eigenvalue weighted by molar-refractivity contribution is 0.401. The molecule has 0 bridgehead atoms. The van der Waals surface area contributed by atoms with Crippen LogP contribution < -0.4 is 5.73 Å². The van der Waals surface area contributed by atoms with Gasteiger partial charge in [-0.3, -0.25) is 0 Å². The monoisotopic (exact) mass is 257 g/mol. The van der Waals surface area contributed by atoms with E-state index in [0.717, 1.165) is 42.0 Å². The molecule has 2 heterocycles. The Kier molecular flexibility index (Phi) is 2.16. The van der Waals surface area contributed by atoms with Gasteiger partial charge in [0.25, 0.3) is 0 Å². The molecular formula is C15H16FN3. The summed E-state index contributed by atoms with van der Waals surface area (Å²) in [6.07, 6.45) is 1.76. The molecule has 4 heteroatoms. The maximum atomic E-state index is 13.3. The Balaban J connectivity index is 1.89. The Bertz CT molecular complexity index is 674. The van der Waals surface area contributed by atoms with Crippen LogP contribution in [0.4, 0.5) is 4.39 Å². The smallest absolute Gasteiger partial charge is 0.123 e. The lowest BCUT2D eigenvalue weighted by atomic mass is 9.97. The third-order valence-electron chi connectivity index (χ3n) is 4.30. The highest BCUT2D eigenvalue weighted by Gasteiger charge is 2.32. The van der Waals surface area contributed by atoms with Gasteiger partial charge in [-0.05, 0) is 30.2 Å². The van der Waals surface area contributed by atoms with Gasteiger partial charge in [0.15, 0.2) is 0 Å². The maximum Gasteiger partial charge on any atom is 0.123 e. The molecule has 0 radical (unpaired) electrons. The first-order valence-corrected chi connectivity index (χ1v) is 6.77. The first-order valence-electron chi connectivity index (χ1n) is 6.77. The number of hydrogen-bond donors (Lipinski definition) is 1. The van der Waals surface area contributed by atoms with Crippen molar-refractivity contribution >= 4 is 0 Å². The number of nitrogens with zero attached hydrogens (tertiary/aromatic N) is 2. The number of rotatable bonds is 0. The second kappa shape index (κ2) is 3.67. The van der Waals surface area contributed by atoms with Gasteiger partial charge in [-0.15, -0.1) is 0 Å². The zero-order chi connectivity index (χ0) is 13.1. The Morgan fingerprint density at radius 1 is 1.42 bits per heavy atom. The van der Waals surface area contributed by atoms with E-state index in [9.17, 15) is 4.39 Å². The van der Waals surface area contributed by atoms with E-state index in [1.807, 2.05) is 6.07 Å². The van der Waals surface area contributed by atoms with Crippen molar-refractivity contribution in [1.82, 2.24) is 9.55 Å². The van der Waals surface area contributed by atoms with Gasteiger partial charge in [0.1, 0.15) is 11.6 Å². The summed E-state index contributed by atoms with van der Waals surface area (Å²) in [4.78, 5) is 4.80. The number of imidazole rings is 1. The van der Waals surface area contributed by atoms with Gasteiger partial charge in [0.2, 0.25) is 0 Å². The molecule has 0 saturated heterocycles. The largest absolute Gasteiger partial charge is 0.329 e. The molecule has 98 valence electrons. The van der Waals surface area contributed by atoms with Gasteiger partial charge in [0.05, 0.1) is 5.69 Å². The minimum absolute atomic E-state index is 0.173. The van der Waals surface area contributed by atoms with Crippen molar-refractivity contribution in [2.24, 2.45) is 5.73 Å². The van der Waals surface area contributed by atoms with Crippen LogP contribution in [0, 0.1) is 5.82 Å². The van der Waals surface area contributed by atoms with Crippen molar-refractivity contribution in [3.05, 3.63) is 41.1 Å². The Hall–Kier alpha value is -1.68. The van der Waals surface area contributed by atoms with Crippen LogP contribution >= 0.6 is 0 Å². The van der Waals surface area contributed by atoms with Crippen LogP contribution in [0.25, 0.3) is 11.3 Å². The fourth-order valence-corrected chi connectivity index (χ4v) is 3.47. The second-order valence-electron chi connectivity index (χ2n) is 5.75. The van der Waals surface area contributed by atoms with E-state index in [2.05, 4.69) is 11.5 Å². The number of hydrogen-bond acceptors (Lipinski definition) is 2. The minimum atomic E-state index is -0.173. The summed E-state index contributed by atoms with van der Waals surface area (Å²) in [5.74, 6) is 1.37. The summed E-state index contributed by atoms with van der Waals surface area (Å²) in [6.45, 7) is 3.01. The highest BCUT2D eigenvalue weighted by Crippen LogP contribution is 2.40. The Morgan fingerprint density at radius 3 is 3.11 bits per heavy atom. The molecule has 0 amide bonds. The SMILES string of the molecule is CC1CC(N)Cn2c1nc1c2Cc2cc(F)ccc2-1. The predicted molar refractivity (Wildman–Crippen MR) is 71.4 cm³/mol. The molecule has 1 aliphatic heterocycles. The van der Waals surface area contributed by atoms with Crippen LogP contribution in [0.15, 0.2) is 18.2 Å². The van der Waals surface area contributed by atoms with Crippen molar-refractivity contribution in [3.63, 3.8) is 0 Å². The molecule has 1 aromatic carbocycles. The van der Waals surface area contributed by atoms with Gasteiger partial charge in [-0.2, -0.15) is 0 Å². The van der Waals surface area contributed by atoms with Gasteiger partial charge >= 0.3 is 0 Å². The summed E-state index contributed by atoms with van der Waals surface area (Å²) in [6, 6.07) is 5.18. The molecule has 0 spiro atoms. The molecule has 2 atom stereocenters.